The van der Waals surface area contributed by atoms with E-state index in [1.165, 1.54) is 19.3 Å². The summed E-state index contributed by atoms with van der Waals surface area (Å²) in [6.07, 6.45) is 4.00. The van der Waals surface area contributed by atoms with Crippen LogP contribution in [0.1, 0.15) is 19.3 Å². The minimum atomic E-state index is 0.633. The Bertz CT molecular complexity index is 528. The summed E-state index contributed by atoms with van der Waals surface area (Å²) in [4.78, 5) is 4.38. The molecule has 4 heteroatoms. The molecule has 0 bridgehead atoms. The third-order valence-electron chi connectivity index (χ3n) is 3.20. The minimum Gasteiger partial charge on any atom is -0.369 e. The van der Waals surface area contributed by atoms with Gasteiger partial charge in [-0.2, -0.15) is 0 Å². The number of rotatable bonds is 3. The van der Waals surface area contributed by atoms with Crippen LogP contribution in [0.2, 0.25) is 0 Å². The summed E-state index contributed by atoms with van der Waals surface area (Å²) in [7, 11) is 0. The maximum absolute atomic E-state index is 5.95. The Morgan fingerprint density at radius 2 is 2.25 bits per heavy atom. The molecule has 0 spiro atoms. The maximum Gasteiger partial charge on any atom is 0.201 e. The number of imidazole rings is 1. The van der Waals surface area contributed by atoms with E-state index in [1.807, 2.05) is 12.1 Å². The number of hydrogen-bond acceptors (Lipinski definition) is 2. The zero-order valence-electron chi connectivity index (χ0n) is 8.99. The molecule has 3 nitrogen and oxygen atoms in total. The molecule has 0 atom stereocenters. The molecule has 84 valence electrons. The smallest absolute Gasteiger partial charge is 0.201 e. The number of nitrogen functional groups attached to an aromatic ring is 1. The first-order chi connectivity index (χ1) is 7.74. The number of anilines is 1. The van der Waals surface area contributed by atoms with Crippen LogP contribution in [0, 0.1) is 5.92 Å². The van der Waals surface area contributed by atoms with Gasteiger partial charge in [-0.15, -0.1) is 0 Å². The van der Waals surface area contributed by atoms with Gasteiger partial charge in [0.1, 0.15) is 0 Å². The van der Waals surface area contributed by atoms with Gasteiger partial charge in [0.05, 0.1) is 11.0 Å². The van der Waals surface area contributed by atoms with E-state index in [4.69, 9.17) is 5.73 Å². The van der Waals surface area contributed by atoms with Crippen molar-refractivity contribution in [3.8, 4) is 0 Å². The Kier molecular flexibility index (Phi) is 2.39. The molecule has 3 rings (SSSR count). The highest BCUT2D eigenvalue weighted by atomic mass is 79.9. The third kappa shape index (κ3) is 1.82. The molecule has 1 fully saturated rings. The molecule has 2 N–H and O–H groups in total. The van der Waals surface area contributed by atoms with Crippen molar-refractivity contribution in [2.24, 2.45) is 5.92 Å². The Morgan fingerprint density at radius 1 is 1.44 bits per heavy atom. The number of hydrogen-bond donors (Lipinski definition) is 1. The second-order valence-electron chi connectivity index (χ2n) is 4.49. The van der Waals surface area contributed by atoms with Crippen molar-refractivity contribution in [3.05, 3.63) is 22.7 Å². The normalized spacial score (nSPS) is 15.8. The van der Waals surface area contributed by atoms with Crippen LogP contribution in [0.4, 0.5) is 5.95 Å². The Balaban J connectivity index is 1.97. The predicted octanol–water partition coefficient (Wildman–Crippen LogP) is 3.18. The Morgan fingerprint density at radius 3 is 3.00 bits per heavy atom. The topological polar surface area (TPSA) is 43.8 Å². The van der Waals surface area contributed by atoms with E-state index < -0.39 is 0 Å². The molecule has 1 aliphatic carbocycles. The summed E-state index contributed by atoms with van der Waals surface area (Å²) in [5.74, 6) is 1.56. The summed E-state index contributed by atoms with van der Waals surface area (Å²) < 4.78 is 3.17. The van der Waals surface area contributed by atoms with Crippen molar-refractivity contribution in [1.29, 1.82) is 0 Å². The van der Waals surface area contributed by atoms with E-state index in [9.17, 15) is 0 Å². The van der Waals surface area contributed by atoms with E-state index in [-0.39, 0.29) is 0 Å². The molecular formula is C12H14BrN3. The molecule has 2 aromatic rings. The highest BCUT2D eigenvalue weighted by Gasteiger charge is 2.21. The second kappa shape index (κ2) is 3.77. The molecule has 0 unspecified atom stereocenters. The van der Waals surface area contributed by atoms with Crippen LogP contribution in [-0.4, -0.2) is 9.55 Å². The Hall–Kier alpha value is -1.03. The van der Waals surface area contributed by atoms with Crippen LogP contribution in [0.3, 0.4) is 0 Å². The number of nitrogens with zero attached hydrogens (tertiary/aromatic N) is 2. The fourth-order valence-electron chi connectivity index (χ4n) is 2.07. The first-order valence-corrected chi connectivity index (χ1v) is 6.44. The van der Waals surface area contributed by atoms with Crippen molar-refractivity contribution in [3.63, 3.8) is 0 Å². The Labute approximate surface area is 103 Å². The minimum absolute atomic E-state index is 0.633. The van der Waals surface area contributed by atoms with Gasteiger partial charge in [0.2, 0.25) is 5.95 Å². The largest absolute Gasteiger partial charge is 0.369 e. The molecule has 0 saturated heterocycles. The molecule has 0 amide bonds. The van der Waals surface area contributed by atoms with Gasteiger partial charge in [0, 0.05) is 11.0 Å². The number of nitrogens with two attached hydrogens (primary N) is 1. The van der Waals surface area contributed by atoms with Gasteiger partial charge in [-0.3, -0.25) is 0 Å². The van der Waals surface area contributed by atoms with Crippen molar-refractivity contribution in [2.75, 3.05) is 5.73 Å². The van der Waals surface area contributed by atoms with Crippen molar-refractivity contribution in [1.82, 2.24) is 9.55 Å². The van der Waals surface area contributed by atoms with Crippen LogP contribution >= 0.6 is 15.9 Å². The predicted molar refractivity (Wildman–Crippen MR) is 69.2 cm³/mol. The lowest BCUT2D eigenvalue weighted by atomic mass is 10.3. The van der Waals surface area contributed by atoms with Gasteiger partial charge in [-0.1, -0.05) is 28.8 Å². The van der Waals surface area contributed by atoms with Gasteiger partial charge in [0.15, 0.2) is 0 Å². The first-order valence-electron chi connectivity index (χ1n) is 5.65. The lowest BCUT2D eigenvalue weighted by Gasteiger charge is -2.05. The fourth-order valence-corrected chi connectivity index (χ4v) is 2.42. The van der Waals surface area contributed by atoms with Gasteiger partial charge in [0.25, 0.3) is 0 Å². The zero-order chi connectivity index (χ0) is 11.1. The van der Waals surface area contributed by atoms with Crippen LogP contribution in [-0.2, 0) is 6.54 Å². The lowest BCUT2D eigenvalue weighted by Crippen LogP contribution is -2.03. The van der Waals surface area contributed by atoms with Gasteiger partial charge in [-0.05, 0) is 30.5 Å². The lowest BCUT2D eigenvalue weighted by molar-refractivity contribution is 0.614. The molecule has 1 aliphatic rings. The van der Waals surface area contributed by atoms with Gasteiger partial charge in [-0.25, -0.2) is 4.98 Å². The quantitative estimate of drug-likeness (QED) is 0.938. The average Bonchev–Trinajstić information content (AvgIpc) is 3.00. The van der Waals surface area contributed by atoms with Crippen LogP contribution in [0.5, 0.6) is 0 Å². The molecule has 16 heavy (non-hydrogen) atoms. The van der Waals surface area contributed by atoms with E-state index in [0.717, 1.165) is 28.0 Å². The number of aryl methyl sites for hydroxylation is 1. The monoisotopic (exact) mass is 279 g/mol. The number of aromatic nitrogens is 2. The highest BCUT2D eigenvalue weighted by Crippen LogP contribution is 2.33. The molecule has 1 saturated carbocycles. The molecule has 1 heterocycles. The van der Waals surface area contributed by atoms with E-state index in [0.29, 0.717) is 5.95 Å². The molecule has 0 radical (unpaired) electrons. The van der Waals surface area contributed by atoms with Gasteiger partial charge >= 0.3 is 0 Å². The van der Waals surface area contributed by atoms with Crippen molar-refractivity contribution >= 4 is 32.9 Å². The summed E-state index contributed by atoms with van der Waals surface area (Å²) in [6, 6.07) is 6.13. The maximum atomic E-state index is 5.95. The first kappa shape index (κ1) is 10.1. The number of benzene rings is 1. The van der Waals surface area contributed by atoms with E-state index >= 15 is 0 Å². The molecule has 1 aromatic carbocycles. The number of halogens is 1. The second-order valence-corrected chi connectivity index (χ2v) is 5.40. The molecular weight excluding hydrogens is 266 g/mol. The van der Waals surface area contributed by atoms with Crippen LogP contribution in [0.15, 0.2) is 22.7 Å². The standard InChI is InChI=1S/C12H14BrN3/c13-9-3-4-11-10(7-9)15-12(14)16(11)6-5-8-1-2-8/h3-4,7-8H,1-2,5-6H2,(H2,14,15). The molecule has 0 aliphatic heterocycles. The zero-order valence-corrected chi connectivity index (χ0v) is 10.6. The molecule has 1 aromatic heterocycles. The summed E-state index contributed by atoms with van der Waals surface area (Å²) in [5.41, 5.74) is 8.06. The third-order valence-corrected chi connectivity index (χ3v) is 3.69. The summed E-state index contributed by atoms with van der Waals surface area (Å²) in [5, 5.41) is 0. The van der Waals surface area contributed by atoms with Crippen molar-refractivity contribution < 1.29 is 0 Å². The highest BCUT2D eigenvalue weighted by molar-refractivity contribution is 9.10. The van der Waals surface area contributed by atoms with E-state index in [2.05, 4.69) is 31.5 Å². The van der Waals surface area contributed by atoms with Gasteiger partial charge < -0.3 is 10.3 Å². The average molecular weight is 280 g/mol. The summed E-state index contributed by atoms with van der Waals surface area (Å²) in [6.45, 7) is 0.995. The fraction of sp³-hybridized carbons (Fsp3) is 0.417. The SMILES string of the molecule is Nc1nc2cc(Br)ccc2n1CCC1CC1. The van der Waals surface area contributed by atoms with Crippen LogP contribution < -0.4 is 5.73 Å². The van der Waals surface area contributed by atoms with Crippen LogP contribution in [0.25, 0.3) is 11.0 Å². The van der Waals surface area contributed by atoms with E-state index in [1.54, 1.807) is 0 Å². The summed E-state index contributed by atoms with van der Waals surface area (Å²) >= 11 is 3.45. The number of fused-ring (bicyclic) bond motifs is 1. The van der Waals surface area contributed by atoms with Crippen molar-refractivity contribution in [2.45, 2.75) is 25.8 Å².